The predicted molar refractivity (Wildman–Crippen MR) is 364 cm³/mol. The van der Waals surface area contributed by atoms with Gasteiger partial charge in [0.25, 0.3) is 6.71 Å². The molecule has 0 aromatic heterocycles. The van der Waals surface area contributed by atoms with E-state index in [9.17, 15) is 0 Å². The summed E-state index contributed by atoms with van der Waals surface area (Å²) < 4.78 is 43.8. The van der Waals surface area contributed by atoms with Gasteiger partial charge in [-0.15, -0.1) is 0 Å². The molecule has 0 N–H and O–H groups in total. The Bertz CT molecular complexity index is 4900. The average Bonchev–Trinajstić information content (AvgIpc) is 1.69. The van der Waals surface area contributed by atoms with Crippen molar-refractivity contribution < 1.29 is 6.85 Å². The van der Waals surface area contributed by atoms with Crippen LogP contribution in [0.1, 0.15) is 55.4 Å². The number of hydrogen-bond acceptors (Lipinski definition) is 2. The zero-order valence-electron chi connectivity index (χ0n) is 53.1. The normalized spacial score (nSPS) is 14.1. The molecule has 3 heteroatoms. The van der Waals surface area contributed by atoms with Crippen LogP contribution in [-0.4, -0.2) is 6.71 Å². The van der Waals surface area contributed by atoms with Crippen molar-refractivity contribution in [3.05, 3.63) is 343 Å². The van der Waals surface area contributed by atoms with Gasteiger partial charge in [-0.1, -0.05) is 300 Å². The largest absolute Gasteiger partial charge is 0.311 e. The van der Waals surface area contributed by atoms with Crippen LogP contribution in [0.25, 0.3) is 66.8 Å². The summed E-state index contributed by atoms with van der Waals surface area (Å²) in [7, 11) is 0. The second-order valence-electron chi connectivity index (χ2n) is 23.9. The maximum atomic E-state index is 9.03. The lowest BCUT2D eigenvalue weighted by Gasteiger charge is -2.45. The third-order valence-corrected chi connectivity index (χ3v) is 18.2. The Morgan fingerprint density at radius 1 is 0.349 bits per heavy atom. The van der Waals surface area contributed by atoms with E-state index in [0.29, 0.717) is 5.56 Å². The fraction of sp³-hybridized carbons (Fsp3) is 0.0602. The van der Waals surface area contributed by atoms with Gasteiger partial charge in [0.15, 0.2) is 0 Å². The molecule has 1 aliphatic carbocycles. The first-order valence-electron chi connectivity index (χ1n) is 32.3. The van der Waals surface area contributed by atoms with Crippen molar-refractivity contribution in [2.24, 2.45) is 0 Å². The zero-order chi connectivity index (χ0) is 61.9. The first-order valence-corrected chi connectivity index (χ1v) is 29.8. The van der Waals surface area contributed by atoms with E-state index in [0.717, 1.165) is 89.6 Å². The molecule has 86 heavy (non-hydrogen) atoms. The van der Waals surface area contributed by atoms with E-state index in [1.165, 1.54) is 44.4 Å². The maximum absolute atomic E-state index is 9.03. The van der Waals surface area contributed by atoms with Crippen LogP contribution >= 0.6 is 0 Å². The van der Waals surface area contributed by atoms with Crippen molar-refractivity contribution in [1.29, 1.82) is 0 Å². The molecule has 16 rings (SSSR count). The second kappa shape index (κ2) is 20.4. The van der Waals surface area contributed by atoms with E-state index in [4.69, 9.17) is 6.85 Å². The van der Waals surface area contributed by atoms with E-state index in [1.54, 1.807) is 0 Å². The molecule has 0 bridgehead atoms. The number of hydrogen-bond donors (Lipinski definition) is 0. The molecule has 13 aromatic carbocycles. The smallest absolute Gasteiger partial charge is 0.252 e. The minimum absolute atomic E-state index is 0.0111. The van der Waals surface area contributed by atoms with Crippen molar-refractivity contribution >= 4 is 57.2 Å². The fourth-order valence-corrected chi connectivity index (χ4v) is 14.4. The molecule has 0 saturated heterocycles. The van der Waals surface area contributed by atoms with Crippen molar-refractivity contribution in [1.82, 2.24) is 0 Å². The molecule has 2 nitrogen and oxygen atoms in total. The molecule has 2 heterocycles. The van der Waals surface area contributed by atoms with Crippen LogP contribution in [0.3, 0.4) is 0 Å². The van der Waals surface area contributed by atoms with Crippen LogP contribution in [0.2, 0.25) is 0 Å². The van der Waals surface area contributed by atoms with Gasteiger partial charge in [0, 0.05) is 39.6 Å². The Morgan fingerprint density at radius 3 is 1.49 bits per heavy atom. The number of anilines is 6. The second-order valence-corrected chi connectivity index (χ2v) is 23.9. The van der Waals surface area contributed by atoms with Gasteiger partial charge in [-0.25, -0.2) is 0 Å². The van der Waals surface area contributed by atoms with Gasteiger partial charge >= 0.3 is 0 Å². The molecule has 3 aliphatic rings. The summed E-state index contributed by atoms with van der Waals surface area (Å²) >= 11 is 0. The number of nitrogens with zero attached hydrogens (tertiary/aromatic N) is 2. The Morgan fingerprint density at radius 2 is 0.849 bits per heavy atom. The summed E-state index contributed by atoms with van der Waals surface area (Å²) in [6, 6.07) is 103. The van der Waals surface area contributed by atoms with Gasteiger partial charge in [0.2, 0.25) is 0 Å². The molecule has 0 radical (unpaired) electrons. The monoisotopic (exact) mass is 1100 g/mol. The van der Waals surface area contributed by atoms with Crippen LogP contribution < -0.4 is 26.2 Å². The summed E-state index contributed by atoms with van der Waals surface area (Å²) in [6.07, 6.45) is 0. The average molecular weight is 1100 g/mol. The molecule has 406 valence electrons. The molecule has 0 fully saturated rings. The maximum Gasteiger partial charge on any atom is 0.252 e. The number of rotatable bonds is 9. The SMILES string of the molecule is [2H]c1c([2H])c([2H])c(-c2ccc(N3c4ccccc4B4c5cc(-c6ccc(C(C)(C)C)cc6)ccc5N(c5c(-c6ccccc6)cccc5-c5ccccc5)c5cc(-c6cccc7c6C(c6ccccc6)(c6ccccc6)c6ccccc6-7)cc3c54)cc2)c([2H])c1[2H]. The molecule has 0 unspecified atom stereocenters. The standard InChI is InChI=1S/C83H61BN2/c1-82(2,3)63-48-43-58(44-49-63)61-47-52-76-74(53-61)84-73-41-21-22-42-75(73)85(66-50-45-57(46-51-66)56-25-9-4-10-26-56)77-54-62(55-78(80(77)84)86(76)81-68(59-27-11-5-12-28-59)37-24-38-69(81)60-29-13-6-14-30-60)67-36-23-39-71-70-35-19-20-40-72(70)83(79(67)71,64-31-15-7-16-32-64)65-33-17-8-18-34-65/h4-55H,1-3H3/i4D,9D,10D,25D,26D. The minimum Gasteiger partial charge on any atom is -0.311 e. The van der Waals surface area contributed by atoms with Crippen LogP contribution in [0.4, 0.5) is 34.1 Å². The Balaban J connectivity index is 1.04. The Kier molecular flexibility index (Phi) is 10.9. The minimum atomic E-state index is -0.722. The van der Waals surface area contributed by atoms with E-state index in [-0.39, 0.29) is 41.9 Å². The fourth-order valence-electron chi connectivity index (χ4n) is 14.4. The summed E-state index contributed by atoms with van der Waals surface area (Å²) in [6.45, 7) is 6.54. The Labute approximate surface area is 512 Å². The number of fused-ring (bicyclic) bond motifs is 7. The zero-order valence-corrected chi connectivity index (χ0v) is 48.1. The summed E-state index contributed by atoms with van der Waals surface area (Å²) in [5.74, 6) is 0. The van der Waals surface area contributed by atoms with Gasteiger partial charge in [0.05, 0.1) is 18.0 Å². The third kappa shape index (κ3) is 8.10. The van der Waals surface area contributed by atoms with Crippen molar-refractivity contribution in [3.8, 4) is 66.8 Å². The summed E-state index contributed by atoms with van der Waals surface area (Å²) in [5, 5.41) is 0. The molecule has 0 amide bonds. The highest BCUT2D eigenvalue weighted by Gasteiger charge is 2.49. The molecule has 2 aliphatic heterocycles. The molecular formula is C83H61BN2. The van der Waals surface area contributed by atoms with Crippen molar-refractivity contribution in [3.63, 3.8) is 0 Å². The lowest BCUT2D eigenvalue weighted by Crippen LogP contribution is -2.61. The quantitative estimate of drug-likeness (QED) is 0.133. The van der Waals surface area contributed by atoms with E-state index in [2.05, 4.69) is 291 Å². The third-order valence-electron chi connectivity index (χ3n) is 18.2. The molecule has 0 spiro atoms. The summed E-state index contributed by atoms with van der Waals surface area (Å²) in [4.78, 5) is 4.98. The molecule has 0 saturated carbocycles. The lowest BCUT2D eigenvalue weighted by molar-refractivity contribution is 0.590. The van der Waals surface area contributed by atoms with Gasteiger partial charge in [-0.05, 0) is 142 Å². The van der Waals surface area contributed by atoms with Gasteiger partial charge in [0.1, 0.15) is 0 Å². The predicted octanol–water partition coefficient (Wildman–Crippen LogP) is 19.8. The Hall–Kier alpha value is -10.5. The topological polar surface area (TPSA) is 6.48 Å². The van der Waals surface area contributed by atoms with Gasteiger partial charge < -0.3 is 9.80 Å². The number of benzene rings is 13. The van der Waals surface area contributed by atoms with Crippen molar-refractivity contribution in [2.45, 2.75) is 31.6 Å². The number of para-hydroxylation sites is 2. The van der Waals surface area contributed by atoms with Gasteiger partial charge in [-0.2, -0.15) is 0 Å². The van der Waals surface area contributed by atoms with Crippen molar-refractivity contribution in [2.75, 3.05) is 9.80 Å². The first kappa shape index (κ1) is 46.0. The van der Waals surface area contributed by atoms with Crippen LogP contribution in [-0.2, 0) is 10.8 Å². The highest BCUT2D eigenvalue weighted by atomic mass is 15.2. The van der Waals surface area contributed by atoms with E-state index in [1.807, 2.05) is 24.3 Å². The molecule has 13 aromatic rings. The highest BCUT2D eigenvalue weighted by Crippen LogP contribution is 2.60. The molecular weight excluding hydrogens is 1040 g/mol. The first-order chi connectivity index (χ1) is 44.4. The van der Waals surface area contributed by atoms with Crippen LogP contribution in [0.5, 0.6) is 0 Å². The highest BCUT2D eigenvalue weighted by molar-refractivity contribution is 7.00. The van der Waals surface area contributed by atoms with E-state index < -0.39 is 11.5 Å². The summed E-state index contributed by atoms with van der Waals surface area (Å²) in [5.41, 5.74) is 26.7. The van der Waals surface area contributed by atoms with Crippen LogP contribution in [0, 0.1) is 0 Å². The lowest BCUT2D eigenvalue weighted by atomic mass is 9.33. The van der Waals surface area contributed by atoms with Gasteiger partial charge in [-0.3, -0.25) is 0 Å². The van der Waals surface area contributed by atoms with E-state index >= 15 is 0 Å². The van der Waals surface area contributed by atoms with Crippen LogP contribution in [0.15, 0.2) is 315 Å². The molecule has 0 atom stereocenters.